The van der Waals surface area contributed by atoms with E-state index in [4.69, 9.17) is 18.9 Å². The highest BCUT2D eigenvalue weighted by Crippen LogP contribution is 2.04. The second-order valence-corrected chi connectivity index (χ2v) is 4.97. The van der Waals surface area contributed by atoms with Gasteiger partial charge in [0.1, 0.15) is 26.0 Å². The Labute approximate surface area is 130 Å². The van der Waals surface area contributed by atoms with Crippen LogP contribution in [-0.2, 0) is 18.9 Å². The number of hydrogen-bond acceptors (Lipinski definition) is 4. The Morgan fingerprint density at radius 2 is 1.14 bits per heavy atom. The van der Waals surface area contributed by atoms with E-state index >= 15 is 0 Å². The van der Waals surface area contributed by atoms with Crippen LogP contribution >= 0.6 is 0 Å². The molecular weight excluding hydrogens is 270 g/mol. The molecule has 2 atom stereocenters. The minimum Gasteiger partial charge on any atom is -0.355 e. The first-order chi connectivity index (χ1) is 10.3. The summed E-state index contributed by atoms with van der Waals surface area (Å²) < 4.78 is 22.0. The summed E-state index contributed by atoms with van der Waals surface area (Å²) >= 11 is 0. The molecule has 0 amide bonds. The van der Waals surface area contributed by atoms with Gasteiger partial charge in [-0.25, -0.2) is 0 Å². The molecule has 1 radical (unpaired) electrons. The van der Waals surface area contributed by atoms with E-state index in [-0.39, 0.29) is 12.5 Å². The van der Waals surface area contributed by atoms with Crippen LogP contribution < -0.4 is 5.32 Å². The molecule has 0 rings (SSSR count). The third-order valence-corrected chi connectivity index (χ3v) is 3.00. The molecule has 0 spiro atoms. The summed E-state index contributed by atoms with van der Waals surface area (Å²) in [5, 5.41) is 4.54. The highest BCUT2D eigenvalue weighted by molar-refractivity contribution is 4.56. The van der Waals surface area contributed by atoms with Crippen molar-refractivity contribution in [2.75, 3.05) is 26.8 Å². The molecule has 0 aliphatic heterocycles. The smallest absolute Gasteiger partial charge is 0.148 e. The van der Waals surface area contributed by atoms with Gasteiger partial charge in [-0.2, -0.15) is 5.32 Å². The van der Waals surface area contributed by atoms with Gasteiger partial charge in [-0.05, 0) is 25.7 Å². The first kappa shape index (κ1) is 20.8. The van der Waals surface area contributed by atoms with E-state index in [1.807, 2.05) is 13.8 Å². The molecule has 0 saturated carbocycles. The largest absolute Gasteiger partial charge is 0.355 e. The van der Waals surface area contributed by atoms with Crippen LogP contribution in [0.3, 0.4) is 0 Å². The molecule has 0 fully saturated rings. The van der Waals surface area contributed by atoms with Gasteiger partial charge < -0.3 is 18.9 Å². The van der Waals surface area contributed by atoms with Crippen LogP contribution in [0.2, 0.25) is 0 Å². The zero-order chi connectivity index (χ0) is 15.8. The minimum absolute atomic E-state index is 0.174. The van der Waals surface area contributed by atoms with Crippen LogP contribution in [0.4, 0.5) is 0 Å². The normalized spacial score (nSPS) is 14.3. The fourth-order valence-electron chi connectivity index (χ4n) is 1.58. The van der Waals surface area contributed by atoms with Crippen molar-refractivity contribution in [1.29, 1.82) is 0 Å². The molecule has 0 saturated heterocycles. The van der Waals surface area contributed by atoms with Gasteiger partial charge in [-0.3, -0.25) is 0 Å². The van der Waals surface area contributed by atoms with E-state index < -0.39 is 0 Å². The Balaban J connectivity index is 3.73. The molecule has 21 heavy (non-hydrogen) atoms. The van der Waals surface area contributed by atoms with E-state index in [1.54, 1.807) is 0 Å². The second kappa shape index (κ2) is 16.2. The Morgan fingerprint density at radius 3 is 1.48 bits per heavy atom. The lowest BCUT2D eigenvalue weighted by molar-refractivity contribution is -0.146. The van der Waals surface area contributed by atoms with Gasteiger partial charge in [-0.15, -0.1) is 0 Å². The molecule has 0 aliphatic carbocycles. The Bertz CT molecular complexity index is 185. The molecule has 0 N–H and O–H groups in total. The Kier molecular flexibility index (Phi) is 16.0. The van der Waals surface area contributed by atoms with Crippen molar-refractivity contribution in [3.63, 3.8) is 0 Å². The predicted octanol–water partition coefficient (Wildman–Crippen LogP) is 3.64. The lowest BCUT2D eigenvalue weighted by Crippen LogP contribution is -2.35. The maximum absolute atomic E-state index is 5.61. The first-order valence-electron chi connectivity index (χ1n) is 8.36. The van der Waals surface area contributed by atoms with Gasteiger partial charge in [0.25, 0.3) is 0 Å². The number of rotatable bonds is 16. The van der Waals surface area contributed by atoms with E-state index in [0.717, 1.165) is 51.7 Å². The van der Waals surface area contributed by atoms with E-state index in [2.05, 4.69) is 19.2 Å². The fraction of sp³-hybridized carbons (Fsp3) is 1.00. The number of nitrogens with zero attached hydrogens (tertiary/aromatic N) is 1. The van der Waals surface area contributed by atoms with Gasteiger partial charge in [0.05, 0.1) is 0 Å². The number of hydrogen-bond donors (Lipinski definition) is 0. The summed E-state index contributed by atoms with van der Waals surface area (Å²) in [5.74, 6) is 0. The molecule has 0 aromatic carbocycles. The van der Waals surface area contributed by atoms with E-state index in [1.165, 1.54) is 0 Å². The molecule has 0 aromatic heterocycles. The zero-order valence-electron chi connectivity index (χ0n) is 14.3. The van der Waals surface area contributed by atoms with Crippen LogP contribution in [0.1, 0.15) is 66.2 Å². The van der Waals surface area contributed by atoms with Gasteiger partial charge >= 0.3 is 0 Å². The number of ether oxygens (including phenoxy) is 4. The van der Waals surface area contributed by atoms with Crippen molar-refractivity contribution in [1.82, 2.24) is 5.32 Å². The SMILES string of the molecule is CCCCOCOC(CC)[N]C(CC)OCOCCCC. The third kappa shape index (κ3) is 13.2. The topological polar surface area (TPSA) is 51.0 Å². The average Bonchev–Trinajstić information content (AvgIpc) is 2.51. The van der Waals surface area contributed by atoms with Crippen molar-refractivity contribution in [3.8, 4) is 0 Å². The average molecular weight is 304 g/mol. The summed E-state index contributed by atoms with van der Waals surface area (Å²) in [6.45, 7) is 10.4. The summed E-state index contributed by atoms with van der Waals surface area (Å²) in [6.07, 6.45) is 5.66. The van der Waals surface area contributed by atoms with Crippen molar-refractivity contribution in [3.05, 3.63) is 0 Å². The van der Waals surface area contributed by atoms with Crippen LogP contribution in [-0.4, -0.2) is 39.3 Å². The predicted molar refractivity (Wildman–Crippen MR) is 83.9 cm³/mol. The van der Waals surface area contributed by atoms with Crippen molar-refractivity contribution < 1.29 is 18.9 Å². The highest BCUT2D eigenvalue weighted by atomic mass is 16.7. The molecule has 127 valence electrons. The van der Waals surface area contributed by atoms with Crippen LogP contribution in [0.15, 0.2) is 0 Å². The lowest BCUT2D eigenvalue weighted by Gasteiger charge is -2.22. The lowest BCUT2D eigenvalue weighted by atomic mass is 10.3. The van der Waals surface area contributed by atoms with Crippen molar-refractivity contribution in [2.24, 2.45) is 0 Å². The van der Waals surface area contributed by atoms with E-state index in [9.17, 15) is 0 Å². The van der Waals surface area contributed by atoms with Gasteiger partial charge in [-0.1, -0.05) is 40.5 Å². The standard InChI is InChI=1S/C16H34NO4/c1-5-9-11-18-13-20-15(7-3)17-16(8-4)21-14-19-12-10-6-2/h15-16H,5-14H2,1-4H3. The quantitative estimate of drug-likeness (QED) is 0.323. The molecule has 0 aromatic rings. The van der Waals surface area contributed by atoms with Crippen LogP contribution in [0.5, 0.6) is 0 Å². The minimum atomic E-state index is -0.174. The van der Waals surface area contributed by atoms with Crippen molar-refractivity contribution >= 4 is 0 Å². The molecule has 0 bridgehead atoms. The van der Waals surface area contributed by atoms with Gasteiger partial charge in [0, 0.05) is 13.2 Å². The highest BCUT2D eigenvalue weighted by Gasteiger charge is 2.15. The van der Waals surface area contributed by atoms with Gasteiger partial charge in [0.2, 0.25) is 0 Å². The summed E-state index contributed by atoms with van der Waals surface area (Å²) in [6, 6.07) is 0. The molecule has 5 nitrogen and oxygen atoms in total. The second-order valence-electron chi connectivity index (χ2n) is 4.97. The molecule has 5 heteroatoms. The summed E-state index contributed by atoms with van der Waals surface area (Å²) in [5.41, 5.74) is 0. The fourth-order valence-corrected chi connectivity index (χ4v) is 1.58. The first-order valence-corrected chi connectivity index (χ1v) is 8.36. The molecular formula is C16H34NO4. The van der Waals surface area contributed by atoms with E-state index in [0.29, 0.717) is 13.6 Å². The maximum atomic E-state index is 5.61. The monoisotopic (exact) mass is 304 g/mol. The molecule has 2 unspecified atom stereocenters. The third-order valence-electron chi connectivity index (χ3n) is 3.00. The molecule has 0 heterocycles. The Morgan fingerprint density at radius 1 is 0.714 bits per heavy atom. The van der Waals surface area contributed by atoms with Crippen LogP contribution in [0, 0.1) is 0 Å². The summed E-state index contributed by atoms with van der Waals surface area (Å²) in [7, 11) is 0. The number of unbranched alkanes of at least 4 members (excludes halogenated alkanes) is 2. The summed E-state index contributed by atoms with van der Waals surface area (Å²) in [4.78, 5) is 0. The Hall–Kier alpha value is -0.200. The van der Waals surface area contributed by atoms with Crippen molar-refractivity contribution in [2.45, 2.75) is 78.7 Å². The zero-order valence-corrected chi connectivity index (χ0v) is 14.3. The maximum Gasteiger partial charge on any atom is 0.148 e. The van der Waals surface area contributed by atoms with Crippen LogP contribution in [0.25, 0.3) is 0 Å². The molecule has 0 aliphatic rings. The van der Waals surface area contributed by atoms with Gasteiger partial charge in [0.15, 0.2) is 0 Å².